The van der Waals surface area contributed by atoms with Crippen LogP contribution in [-0.4, -0.2) is 16.6 Å². The van der Waals surface area contributed by atoms with E-state index >= 15 is 0 Å². The van der Waals surface area contributed by atoms with Crippen LogP contribution < -0.4 is 0 Å². The Hall–Kier alpha value is -0.380. The summed E-state index contributed by atoms with van der Waals surface area (Å²) in [4.78, 5) is 7.55. The molecule has 0 amide bonds. The first-order chi connectivity index (χ1) is 5.74. The van der Waals surface area contributed by atoms with Crippen molar-refractivity contribution >= 4 is 23.2 Å². The van der Waals surface area contributed by atoms with Crippen LogP contribution in [0.2, 0.25) is 10.4 Å². The highest BCUT2D eigenvalue weighted by Crippen LogP contribution is 2.14. The Balaban J connectivity index is 2.72. The maximum Gasteiger partial charge on any atom is 0.223 e. The van der Waals surface area contributed by atoms with Crippen LogP contribution in [0.1, 0.15) is 12.5 Å². The summed E-state index contributed by atoms with van der Waals surface area (Å²) in [5, 5.41) is 0.503. The number of nitrogens with zero attached hydrogens (tertiary/aromatic N) is 2. The van der Waals surface area contributed by atoms with Crippen molar-refractivity contribution in [3.05, 3.63) is 22.2 Å². The molecule has 0 unspecified atom stereocenters. The summed E-state index contributed by atoms with van der Waals surface area (Å²) in [6.45, 7) is 2.97. The molecule has 0 bridgehead atoms. The van der Waals surface area contributed by atoms with Gasteiger partial charge in [-0.05, 0) is 18.5 Å². The smallest absolute Gasteiger partial charge is 0.223 e. The van der Waals surface area contributed by atoms with Crippen molar-refractivity contribution in [1.29, 1.82) is 0 Å². The number of aromatic nitrogens is 2. The highest BCUT2D eigenvalue weighted by molar-refractivity contribution is 6.32. The second-order valence-electron chi connectivity index (χ2n) is 2.09. The molecule has 0 aliphatic heterocycles. The molecule has 0 radical (unpaired) electrons. The summed E-state index contributed by atoms with van der Waals surface area (Å²) in [5.74, 6) is 0. The molecule has 0 atom stereocenters. The number of hydrogen-bond acceptors (Lipinski definition) is 3. The monoisotopic (exact) mass is 206 g/mol. The topological polar surface area (TPSA) is 35.0 Å². The van der Waals surface area contributed by atoms with E-state index in [2.05, 4.69) is 9.97 Å². The summed E-state index contributed by atoms with van der Waals surface area (Å²) in [7, 11) is 0. The first kappa shape index (κ1) is 9.71. The van der Waals surface area contributed by atoms with Gasteiger partial charge in [0.15, 0.2) is 0 Å². The first-order valence-corrected chi connectivity index (χ1v) is 4.24. The fourth-order valence-corrected chi connectivity index (χ4v) is 1.03. The van der Waals surface area contributed by atoms with Gasteiger partial charge < -0.3 is 4.74 Å². The van der Waals surface area contributed by atoms with Gasteiger partial charge in [-0.1, -0.05) is 11.6 Å². The van der Waals surface area contributed by atoms with Crippen LogP contribution >= 0.6 is 23.2 Å². The van der Waals surface area contributed by atoms with E-state index in [1.165, 1.54) is 0 Å². The molecule has 0 aliphatic rings. The number of ether oxygens (including phenoxy) is 1. The highest BCUT2D eigenvalue weighted by Gasteiger charge is 2.02. The Kier molecular flexibility index (Phi) is 3.72. The Morgan fingerprint density at radius 1 is 1.50 bits per heavy atom. The van der Waals surface area contributed by atoms with Crippen molar-refractivity contribution in [2.24, 2.45) is 0 Å². The van der Waals surface area contributed by atoms with Gasteiger partial charge in [-0.25, -0.2) is 9.97 Å². The van der Waals surface area contributed by atoms with Crippen molar-refractivity contribution in [2.45, 2.75) is 13.5 Å². The third kappa shape index (κ3) is 2.59. The molecule has 0 spiro atoms. The van der Waals surface area contributed by atoms with E-state index in [0.29, 0.717) is 18.4 Å². The molecule has 0 fully saturated rings. The van der Waals surface area contributed by atoms with Crippen LogP contribution in [0.15, 0.2) is 6.20 Å². The SMILES string of the molecule is CCOCc1cnc(Cl)nc1Cl. The molecule has 3 nitrogen and oxygen atoms in total. The summed E-state index contributed by atoms with van der Waals surface area (Å²) in [5.41, 5.74) is 0.753. The molecule has 12 heavy (non-hydrogen) atoms. The van der Waals surface area contributed by atoms with Gasteiger partial charge in [0, 0.05) is 18.4 Å². The standard InChI is InChI=1S/C7H8Cl2N2O/c1-2-12-4-5-3-10-7(9)11-6(5)8/h3H,2,4H2,1H3. The molecule has 0 aliphatic carbocycles. The quantitative estimate of drug-likeness (QED) is 0.563. The number of halogens is 2. The van der Waals surface area contributed by atoms with E-state index < -0.39 is 0 Å². The molecule has 66 valence electrons. The second-order valence-corrected chi connectivity index (χ2v) is 2.79. The zero-order valence-electron chi connectivity index (χ0n) is 6.55. The average molecular weight is 207 g/mol. The molecular formula is C7H8Cl2N2O. The summed E-state index contributed by atoms with van der Waals surface area (Å²) < 4.78 is 5.13. The van der Waals surface area contributed by atoms with Gasteiger partial charge in [-0.3, -0.25) is 0 Å². The van der Waals surface area contributed by atoms with Crippen LogP contribution in [0, 0.1) is 0 Å². The zero-order chi connectivity index (χ0) is 8.97. The van der Waals surface area contributed by atoms with E-state index in [1.807, 2.05) is 6.92 Å². The fourth-order valence-electron chi connectivity index (χ4n) is 0.675. The summed E-state index contributed by atoms with van der Waals surface area (Å²) in [6.07, 6.45) is 1.56. The normalized spacial score (nSPS) is 10.2. The van der Waals surface area contributed by atoms with Gasteiger partial charge in [0.05, 0.1) is 6.61 Å². The van der Waals surface area contributed by atoms with Crippen molar-refractivity contribution in [2.75, 3.05) is 6.61 Å². The predicted octanol–water partition coefficient (Wildman–Crippen LogP) is 2.32. The lowest BCUT2D eigenvalue weighted by molar-refractivity contribution is 0.133. The minimum Gasteiger partial charge on any atom is -0.377 e. The van der Waals surface area contributed by atoms with Gasteiger partial charge in [0.1, 0.15) is 5.15 Å². The van der Waals surface area contributed by atoms with E-state index in [-0.39, 0.29) is 5.28 Å². The van der Waals surface area contributed by atoms with Gasteiger partial charge in [0.25, 0.3) is 0 Å². The van der Waals surface area contributed by atoms with Crippen molar-refractivity contribution in [3.63, 3.8) is 0 Å². The largest absolute Gasteiger partial charge is 0.377 e. The third-order valence-electron chi connectivity index (χ3n) is 1.24. The maximum atomic E-state index is 5.75. The Morgan fingerprint density at radius 2 is 2.25 bits per heavy atom. The number of hydrogen-bond donors (Lipinski definition) is 0. The third-order valence-corrected chi connectivity index (χ3v) is 1.75. The maximum absolute atomic E-state index is 5.75. The highest BCUT2D eigenvalue weighted by atomic mass is 35.5. The van der Waals surface area contributed by atoms with Crippen LogP contribution in [0.4, 0.5) is 0 Å². The van der Waals surface area contributed by atoms with Crippen LogP contribution in [0.25, 0.3) is 0 Å². The molecule has 0 aromatic carbocycles. The molecule has 1 aromatic heterocycles. The minimum atomic E-state index is 0.153. The molecule has 1 rings (SSSR count). The van der Waals surface area contributed by atoms with Crippen molar-refractivity contribution in [1.82, 2.24) is 9.97 Å². The van der Waals surface area contributed by atoms with Crippen molar-refractivity contribution in [3.8, 4) is 0 Å². The molecule has 1 heterocycles. The van der Waals surface area contributed by atoms with Crippen LogP contribution in [0.5, 0.6) is 0 Å². The van der Waals surface area contributed by atoms with E-state index in [1.54, 1.807) is 6.20 Å². The lowest BCUT2D eigenvalue weighted by atomic mass is 10.4. The van der Waals surface area contributed by atoms with Gasteiger partial charge >= 0.3 is 0 Å². The molecule has 5 heteroatoms. The Labute approximate surface area is 80.7 Å². The Bertz CT molecular complexity index is 268. The zero-order valence-corrected chi connectivity index (χ0v) is 8.06. The van der Waals surface area contributed by atoms with Gasteiger partial charge in [-0.15, -0.1) is 0 Å². The van der Waals surface area contributed by atoms with Gasteiger partial charge in [0.2, 0.25) is 5.28 Å². The summed E-state index contributed by atoms with van der Waals surface area (Å²) >= 11 is 11.3. The lowest BCUT2D eigenvalue weighted by Crippen LogP contribution is -1.96. The van der Waals surface area contributed by atoms with E-state index in [0.717, 1.165) is 5.56 Å². The van der Waals surface area contributed by atoms with E-state index in [9.17, 15) is 0 Å². The lowest BCUT2D eigenvalue weighted by Gasteiger charge is -2.02. The van der Waals surface area contributed by atoms with Gasteiger partial charge in [-0.2, -0.15) is 0 Å². The Morgan fingerprint density at radius 3 is 2.83 bits per heavy atom. The predicted molar refractivity (Wildman–Crippen MR) is 47.4 cm³/mol. The van der Waals surface area contributed by atoms with Crippen LogP contribution in [0.3, 0.4) is 0 Å². The average Bonchev–Trinajstić information content (AvgIpc) is 2.03. The minimum absolute atomic E-state index is 0.153. The molecule has 0 saturated heterocycles. The van der Waals surface area contributed by atoms with E-state index in [4.69, 9.17) is 27.9 Å². The summed E-state index contributed by atoms with van der Waals surface area (Å²) in [6, 6.07) is 0. The molecule has 1 aromatic rings. The molecule has 0 saturated carbocycles. The van der Waals surface area contributed by atoms with Crippen molar-refractivity contribution < 1.29 is 4.74 Å². The number of rotatable bonds is 3. The fraction of sp³-hybridized carbons (Fsp3) is 0.429. The first-order valence-electron chi connectivity index (χ1n) is 3.48. The second kappa shape index (κ2) is 4.60. The van der Waals surface area contributed by atoms with Crippen LogP contribution in [-0.2, 0) is 11.3 Å². The molecule has 0 N–H and O–H groups in total. The molecular weight excluding hydrogens is 199 g/mol.